The summed E-state index contributed by atoms with van der Waals surface area (Å²) in [5.74, 6) is -0.358. The first kappa shape index (κ1) is 17.0. The third-order valence-corrected chi connectivity index (χ3v) is 4.40. The van der Waals surface area contributed by atoms with Crippen LogP contribution in [0, 0.1) is 16.0 Å². The highest BCUT2D eigenvalue weighted by Crippen LogP contribution is 2.26. The molecule has 0 aliphatic carbocycles. The number of ether oxygens (including phenoxy) is 1. The van der Waals surface area contributed by atoms with Crippen LogP contribution in [0.1, 0.15) is 18.4 Å². The van der Waals surface area contributed by atoms with E-state index in [1.54, 1.807) is 12.1 Å². The van der Waals surface area contributed by atoms with Crippen molar-refractivity contribution in [1.82, 2.24) is 0 Å². The fourth-order valence-corrected chi connectivity index (χ4v) is 3.04. The number of carbonyl (C=O) groups excluding carboxylic acids is 1. The highest BCUT2D eigenvalue weighted by atomic mass is 16.6. The summed E-state index contributed by atoms with van der Waals surface area (Å²) in [6.07, 6.45) is 1.69. The molecular weight excluding hydrogens is 320 g/mol. The van der Waals surface area contributed by atoms with Gasteiger partial charge in [0.1, 0.15) is 6.61 Å². The third-order valence-electron chi connectivity index (χ3n) is 4.40. The highest BCUT2D eigenvalue weighted by Gasteiger charge is 2.27. The minimum absolute atomic E-state index is 0.0691. The van der Waals surface area contributed by atoms with Crippen LogP contribution in [-0.4, -0.2) is 24.0 Å². The number of benzene rings is 2. The average Bonchev–Trinajstić information content (AvgIpc) is 2.67. The average molecular weight is 340 g/mol. The molecule has 0 saturated carbocycles. The number of hydrogen-bond acceptors (Lipinski definition) is 5. The van der Waals surface area contributed by atoms with E-state index in [0.29, 0.717) is 6.54 Å². The van der Waals surface area contributed by atoms with E-state index in [4.69, 9.17) is 4.74 Å². The molecule has 25 heavy (non-hydrogen) atoms. The lowest BCUT2D eigenvalue weighted by atomic mass is 9.97. The Morgan fingerprint density at radius 1 is 1.16 bits per heavy atom. The number of rotatable bonds is 5. The highest BCUT2D eigenvalue weighted by molar-refractivity contribution is 5.73. The number of nitro benzene ring substituents is 1. The van der Waals surface area contributed by atoms with Gasteiger partial charge in [0.2, 0.25) is 0 Å². The molecule has 0 N–H and O–H groups in total. The number of nitro groups is 1. The van der Waals surface area contributed by atoms with Gasteiger partial charge in [-0.15, -0.1) is 0 Å². The SMILES string of the molecule is O=C(OCc1ccccc1)C1CCCN(c2ccc([N+](=O)[O-])cc2)C1. The number of hydrogen-bond donors (Lipinski definition) is 0. The van der Waals surface area contributed by atoms with Crippen LogP contribution in [0.3, 0.4) is 0 Å². The maximum atomic E-state index is 12.4. The molecule has 1 aliphatic heterocycles. The van der Waals surface area contributed by atoms with E-state index < -0.39 is 4.92 Å². The van der Waals surface area contributed by atoms with Gasteiger partial charge in [0.05, 0.1) is 10.8 Å². The normalized spacial score (nSPS) is 17.1. The Morgan fingerprint density at radius 3 is 2.56 bits per heavy atom. The van der Waals surface area contributed by atoms with Crippen molar-refractivity contribution in [1.29, 1.82) is 0 Å². The van der Waals surface area contributed by atoms with Crippen LogP contribution in [0.2, 0.25) is 0 Å². The number of esters is 1. The molecule has 0 aromatic heterocycles. The molecule has 6 nitrogen and oxygen atoms in total. The molecule has 130 valence electrons. The first-order valence-corrected chi connectivity index (χ1v) is 8.33. The Labute approximate surface area is 146 Å². The van der Waals surface area contributed by atoms with Crippen LogP contribution in [-0.2, 0) is 16.1 Å². The van der Waals surface area contributed by atoms with Gasteiger partial charge in [-0.1, -0.05) is 30.3 Å². The van der Waals surface area contributed by atoms with Gasteiger partial charge < -0.3 is 9.64 Å². The summed E-state index contributed by atoms with van der Waals surface area (Å²) in [5.41, 5.74) is 1.93. The number of carbonyl (C=O) groups is 1. The van der Waals surface area contributed by atoms with Crippen LogP contribution in [0.25, 0.3) is 0 Å². The Morgan fingerprint density at radius 2 is 1.88 bits per heavy atom. The molecule has 1 saturated heterocycles. The summed E-state index contributed by atoms with van der Waals surface area (Å²) in [5, 5.41) is 10.7. The minimum Gasteiger partial charge on any atom is -0.461 e. The molecule has 0 amide bonds. The molecule has 1 unspecified atom stereocenters. The minimum atomic E-state index is -0.413. The first-order chi connectivity index (χ1) is 12.1. The maximum Gasteiger partial charge on any atom is 0.311 e. The summed E-state index contributed by atoms with van der Waals surface area (Å²) in [7, 11) is 0. The molecule has 2 aromatic carbocycles. The number of nitrogens with zero attached hydrogens (tertiary/aromatic N) is 2. The monoisotopic (exact) mass is 340 g/mol. The Bertz CT molecular complexity index is 731. The molecule has 0 radical (unpaired) electrons. The van der Waals surface area contributed by atoms with Crippen molar-refractivity contribution in [3.05, 3.63) is 70.3 Å². The van der Waals surface area contributed by atoms with E-state index in [0.717, 1.165) is 30.6 Å². The molecule has 1 atom stereocenters. The van der Waals surface area contributed by atoms with Crippen molar-refractivity contribution in [2.75, 3.05) is 18.0 Å². The zero-order valence-corrected chi connectivity index (χ0v) is 13.8. The molecular formula is C19H20N2O4. The van der Waals surface area contributed by atoms with Gasteiger partial charge in [0.25, 0.3) is 5.69 Å². The fourth-order valence-electron chi connectivity index (χ4n) is 3.04. The van der Waals surface area contributed by atoms with E-state index in [-0.39, 0.29) is 24.2 Å². The first-order valence-electron chi connectivity index (χ1n) is 8.33. The van der Waals surface area contributed by atoms with Gasteiger partial charge in [-0.25, -0.2) is 0 Å². The van der Waals surface area contributed by atoms with Crippen molar-refractivity contribution in [2.24, 2.45) is 5.92 Å². The largest absolute Gasteiger partial charge is 0.461 e. The maximum absolute atomic E-state index is 12.4. The van der Waals surface area contributed by atoms with Gasteiger partial charge in [0, 0.05) is 30.9 Å². The van der Waals surface area contributed by atoms with Crippen molar-refractivity contribution in [3.8, 4) is 0 Å². The quantitative estimate of drug-likeness (QED) is 0.473. The Balaban J connectivity index is 1.58. The molecule has 0 spiro atoms. The van der Waals surface area contributed by atoms with Gasteiger partial charge in [-0.2, -0.15) is 0 Å². The van der Waals surface area contributed by atoms with Crippen LogP contribution in [0.15, 0.2) is 54.6 Å². The molecule has 1 fully saturated rings. The molecule has 3 rings (SSSR count). The lowest BCUT2D eigenvalue weighted by Crippen LogP contribution is -2.39. The molecule has 1 aliphatic rings. The topological polar surface area (TPSA) is 72.7 Å². The zero-order chi connectivity index (χ0) is 17.6. The Hall–Kier alpha value is -2.89. The molecule has 2 aromatic rings. The predicted molar refractivity (Wildman–Crippen MR) is 94.3 cm³/mol. The third kappa shape index (κ3) is 4.35. The summed E-state index contributed by atoms with van der Waals surface area (Å²) >= 11 is 0. The molecule has 1 heterocycles. The number of piperidine rings is 1. The Kier molecular flexibility index (Phi) is 5.28. The summed E-state index contributed by atoms with van der Waals surface area (Å²) < 4.78 is 5.45. The summed E-state index contributed by atoms with van der Waals surface area (Å²) in [4.78, 5) is 24.8. The second-order valence-corrected chi connectivity index (χ2v) is 6.15. The summed E-state index contributed by atoms with van der Waals surface area (Å²) in [6.45, 7) is 1.69. The van der Waals surface area contributed by atoms with Gasteiger partial charge in [-0.3, -0.25) is 14.9 Å². The second-order valence-electron chi connectivity index (χ2n) is 6.15. The van der Waals surface area contributed by atoms with E-state index >= 15 is 0 Å². The van der Waals surface area contributed by atoms with Crippen LogP contribution in [0.4, 0.5) is 11.4 Å². The standard InChI is InChI=1S/C19H20N2O4/c22-19(25-14-15-5-2-1-3-6-15)16-7-4-12-20(13-16)17-8-10-18(11-9-17)21(23)24/h1-3,5-6,8-11,16H,4,7,12-14H2. The van der Waals surface area contributed by atoms with Crippen LogP contribution < -0.4 is 4.90 Å². The van der Waals surface area contributed by atoms with Crippen molar-refractivity contribution in [3.63, 3.8) is 0 Å². The lowest BCUT2D eigenvalue weighted by molar-refractivity contribution is -0.384. The van der Waals surface area contributed by atoms with Gasteiger partial charge in [0.15, 0.2) is 0 Å². The van der Waals surface area contributed by atoms with E-state index in [1.807, 2.05) is 30.3 Å². The number of non-ortho nitro benzene ring substituents is 1. The zero-order valence-electron chi connectivity index (χ0n) is 13.8. The van der Waals surface area contributed by atoms with E-state index in [1.165, 1.54) is 12.1 Å². The summed E-state index contributed by atoms with van der Waals surface area (Å²) in [6, 6.07) is 16.1. The second kappa shape index (κ2) is 7.79. The van der Waals surface area contributed by atoms with E-state index in [2.05, 4.69) is 4.90 Å². The fraction of sp³-hybridized carbons (Fsp3) is 0.316. The van der Waals surface area contributed by atoms with Crippen molar-refractivity contribution < 1.29 is 14.5 Å². The van der Waals surface area contributed by atoms with Gasteiger partial charge in [-0.05, 0) is 30.5 Å². The molecule has 0 bridgehead atoms. The van der Waals surface area contributed by atoms with Crippen molar-refractivity contribution in [2.45, 2.75) is 19.4 Å². The molecule has 6 heteroatoms. The van der Waals surface area contributed by atoms with Crippen molar-refractivity contribution >= 4 is 17.3 Å². The smallest absolute Gasteiger partial charge is 0.311 e. The number of anilines is 1. The lowest BCUT2D eigenvalue weighted by Gasteiger charge is -2.33. The van der Waals surface area contributed by atoms with Gasteiger partial charge >= 0.3 is 5.97 Å². The van der Waals surface area contributed by atoms with Crippen LogP contribution in [0.5, 0.6) is 0 Å². The predicted octanol–water partition coefficient (Wildman–Crippen LogP) is 3.55. The van der Waals surface area contributed by atoms with E-state index in [9.17, 15) is 14.9 Å². The van der Waals surface area contributed by atoms with Crippen LogP contribution >= 0.6 is 0 Å².